The summed E-state index contributed by atoms with van der Waals surface area (Å²) in [7, 11) is 1.68. The molecule has 17 heavy (non-hydrogen) atoms. The van der Waals surface area contributed by atoms with Gasteiger partial charge in [0, 0.05) is 18.4 Å². The fourth-order valence-corrected chi connectivity index (χ4v) is 1.69. The molecule has 0 saturated carbocycles. The maximum absolute atomic E-state index is 5.22. The number of anilines is 1. The van der Waals surface area contributed by atoms with Gasteiger partial charge in [-0.05, 0) is 36.8 Å². The Morgan fingerprint density at radius 1 is 1.24 bits per heavy atom. The van der Waals surface area contributed by atoms with E-state index in [0.717, 1.165) is 11.4 Å². The summed E-state index contributed by atoms with van der Waals surface area (Å²) < 4.78 is 5.22. The third-order valence-corrected chi connectivity index (χ3v) is 2.64. The fraction of sp³-hybridized carbons (Fsp3) is 0.214. The van der Waals surface area contributed by atoms with E-state index in [9.17, 15) is 0 Å². The average molecular weight is 228 g/mol. The van der Waals surface area contributed by atoms with E-state index >= 15 is 0 Å². The molecule has 1 aromatic heterocycles. The van der Waals surface area contributed by atoms with Gasteiger partial charge < -0.3 is 10.1 Å². The standard InChI is InChI=1S/C14H16N2O/c1-11(16-13-6-4-8-15-10-13)12-5-3-7-14(9-12)17-2/h3-11,16H,1-2H3. The lowest BCUT2D eigenvalue weighted by atomic mass is 10.1. The lowest BCUT2D eigenvalue weighted by Gasteiger charge is -2.16. The van der Waals surface area contributed by atoms with Crippen LogP contribution in [0, 0.1) is 0 Å². The molecule has 1 unspecified atom stereocenters. The number of rotatable bonds is 4. The normalized spacial score (nSPS) is 11.9. The molecule has 2 rings (SSSR count). The van der Waals surface area contributed by atoms with Crippen LogP contribution in [0.1, 0.15) is 18.5 Å². The number of hydrogen-bond acceptors (Lipinski definition) is 3. The Balaban J connectivity index is 2.11. The molecule has 0 saturated heterocycles. The maximum atomic E-state index is 5.22. The number of benzene rings is 1. The van der Waals surface area contributed by atoms with Crippen molar-refractivity contribution in [3.63, 3.8) is 0 Å². The van der Waals surface area contributed by atoms with Crippen molar-refractivity contribution in [3.05, 3.63) is 54.4 Å². The molecule has 0 bridgehead atoms. The minimum Gasteiger partial charge on any atom is -0.497 e. The minimum atomic E-state index is 0.217. The van der Waals surface area contributed by atoms with Crippen LogP contribution in [0.15, 0.2) is 48.8 Å². The molecular weight excluding hydrogens is 212 g/mol. The van der Waals surface area contributed by atoms with Crippen LogP contribution in [0.3, 0.4) is 0 Å². The van der Waals surface area contributed by atoms with Gasteiger partial charge in [0.05, 0.1) is 12.8 Å². The summed E-state index contributed by atoms with van der Waals surface area (Å²) in [5.41, 5.74) is 2.20. The van der Waals surface area contributed by atoms with Crippen molar-refractivity contribution in [1.82, 2.24) is 4.98 Å². The van der Waals surface area contributed by atoms with Crippen LogP contribution < -0.4 is 10.1 Å². The SMILES string of the molecule is COc1cccc(C(C)Nc2cccnc2)c1. The molecule has 0 fully saturated rings. The Kier molecular flexibility index (Phi) is 3.60. The number of nitrogens with zero attached hydrogens (tertiary/aromatic N) is 1. The van der Waals surface area contributed by atoms with Crippen molar-refractivity contribution < 1.29 is 4.74 Å². The van der Waals surface area contributed by atoms with Gasteiger partial charge in [-0.3, -0.25) is 4.98 Å². The van der Waals surface area contributed by atoms with Gasteiger partial charge in [-0.1, -0.05) is 12.1 Å². The first-order chi connectivity index (χ1) is 8.29. The summed E-state index contributed by atoms with van der Waals surface area (Å²) in [6.07, 6.45) is 3.58. The van der Waals surface area contributed by atoms with E-state index in [-0.39, 0.29) is 6.04 Å². The van der Waals surface area contributed by atoms with Gasteiger partial charge in [0.2, 0.25) is 0 Å². The molecule has 1 aromatic carbocycles. The van der Waals surface area contributed by atoms with Crippen molar-refractivity contribution in [1.29, 1.82) is 0 Å². The molecule has 88 valence electrons. The summed E-state index contributed by atoms with van der Waals surface area (Å²) in [5, 5.41) is 3.39. The molecule has 3 nitrogen and oxygen atoms in total. The van der Waals surface area contributed by atoms with Crippen LogP contribution in [-0.2, 0) is 0 Å². The molecule has 0 spiro atoms. The largest absolute Gasteiger partial charge is 0.497 e. The molecule has 0 aliphatic heterocycles. The van der Waals surface area contributed by atoms with Gasteiger partial charge >= 0.3 is 0 Å². The molecule has 0 aliphatic rings. The summed E-state index contributed by atoms with van der Waals surface area (Å²) in [5.74, 6) is 0.877. The minimum absolute atomic E-state index is 0.217. The molecule has 1 atom stereocenters. The van der Waals surface area contributed by atoms with E-state index in [1.54, 1.807) is 13.3 Å². The topological polar surface area (TPSA) is 34.1 Å². The summed E-state index contributed by atoms with van der Waals surface area (Å²) in [6, 6.07) is 12.2. The monoisotopic (exact) mass is 228 g/mol. The van der Waals surface area contributed by atoms with Gasteiger partial charge in [-0.2, -0.15) is 0 Å². The van der Waals surface area contributed by atoms with E-state index in [0.29, 0.717) is 0 Å². The highest BCUT2D eigenvalue weighted by molar-refractivity contribution is 5.43. The second-order valence-electron chi connectivity index (χ2n) is 3.88. The van der Waals surface area contributed by atoms with Crippen molar-refractivity contribution in [2.45, 2.75) is 13.0 Å². The molecule has 0 amide bonds. The third-order valence-electron chi connectivity index (χ3n) is 2.64. The van der Waals surface area contributed by atoms with Crippen molar-refractivity contribution >= 4 is 5.69 Å². The predicted molar refractivity (Wildman–Crippen MR) is 69.3 cm³/mol. The number of methoxy groups -OCH3 is 1. The first-order valence-electron chi connectivity index (χ1n) is 5.60. The Morgan fingerprint density at radius 2 is 2.12 bits per heavy atom. The second kappa shape index (κ2) is 5.34. The smallest absolute Gasteiger partial charge is 0.119 e. The zero-order valence-corrected chi connectivity index (χ0v) is 10.1. The highest BCUT2D eigenvalue weighted by Gasteiger charge is 2.05. The van der Waals surface area contributed by atoms with Crippen LogP contribution in [0.5, 0.6) is 5.75 Å². The average Bonchev–Trinajstić information content (AvgIpc) is 2.40. The predicted octanol–water partition coefficient (Wildman–Crippen LogP) is 3.26. The molecule has 1 heterocycles. The maximum Gasteiger partial charge on any atom is 0.119 e. The van der Waals surface area contributed by atoms with E-state index in [1.807, 2.05) is 36.5 Å². The van der Waals surface area contributed by atoms with Gasteiger partial charge in [0.1, 0.15) is 5.75 Å². The number of ether oxygens (including phenoxy) is 1. The molecule has 3 heteroatoms. The molecule has 0 radical (unpaired) electrons. The van der Waals surface area contributed by atoms with Crippen LogP contribution in [0.25, 0.3) is 0 Å². The van der Waals surface area contributed by atoms with Gasteiger partial charge in [0.15, 0.2) is 0 Å². The molecule has 0 aliphatic carbocycles. The summed E-state index contributed by atoms with van der Waals surface area (Å²) in [6.45, 7) is 2.11. The van der Waals surface area contributed by atoms with Crippen molar-refractivity contribution in [3.8, 4) is 5.75 Å². The summed E-state index contributed by atoms with van der Waals surface area (Å²) >= 11 is 0. The van der Waals surface area contributed by atoms with Crippen LogP contribution in [0.4, 0.5) is 5.69 Å². The van der Waals surface area contributed by atoms with E-state index in [1.165, 1.54) is 5.56 Å². The van der Waals surface area contributed by atoms with Crippen LogP contribution in [-0.4, -0.2) is 12.1 Å². The van der Waals surface area contributed by atoms with Gasteiger partial charge in [-0.25, -0.2) is 0 Å². The quantitative estimate of drug-likeness (QED) is 0.872. The number of pyridine rings is 1. The van der Waals surface area contributed by atoms with E-state index in [2.05, 4.69) is 23.3 Å². The number of aromatic nitrogens is 1. The summed E-state index contributed by atoms with van der Waals surface area (Å²) in [4.78, 5) is 4.08. The van der Waals surface area contributed by atoms with Crippen molar-refractivity contribution in [2.24, 2.45) is 0 Å². The van der Waals surface area contributed by atoms with Crippen molar-refractivity contribution in [2.75, 3.05) is 12.4 Å². The first kappa shape index (κ1) is 11.5. The Hall–Kier alpha value is -2.03. The lowest BCUT2D eigenvalue weighted by molar-refractivity contribution is 0.414. The lowest BCUT2D eigenvalue weighted by Crippen LogP contribution is -2.06. The zero-order valence-electron chi connectivity index (χ0n) is 10.1. The van der Waals surface area contributed by atoms with Crippen LogP contribution >= 0.6 is 0 Å². The zero-order chi connectivity index (χ0) is 12.1. The van der Waals surface area contributed by atoms with Gasteiger partial charge in [-0.15, -0.1) is 0 Å². The Bertz CT molecular complexity index is 471. The molecule has 1 N–H and O–H groups in total. The van der Waals surface area contributed by atoms with E-state index in [4.69, 9.17) is 4.74 Å². The Morgan fingerprint density at radius 3 is 2.82 bits per heavy atom. The second-order valence-corrected chi connectivity index (χ2v) is 3.88. The molecule has 2 aromatic rings. The Labute approximate surface area is 101 Å². The highest BCUT2D eigenvalue weighted by atomic mass is 16.5. The fourth-order valence-electron chi connectivity index (χ4n) is 1.69. The number of hydrogen-bond donors (Lipinski definition) is 1. The van der Waals surface area contributed by atoms with Crippen LogP contribution in [0.2, 0.25) is 0 Å². The highest BCUT2D eigenvalue weighted by Crippen LogP contribution is 2.22. The van der Waals surface area contributed by atoms with Gasteiger partial charge in [0.25, 0.3) is 0 Å². The number of nitrogens with one attached hydrogen (secondary N) is 1. The van der Waals surface area contributed by atoms with E-state index < -0.39 is 0 Å². The third kappa shape index (κ3) is 2.97. The first-order valence-corrected chi connectivity index (χ1v) is 5.60. The molecular formula is C14H16N2O.